The number of rotatable bonds is 2. The summed E-state index contributed by atoms with van der Waals surface area (Å²) in [5.41, 5.74) is -2.05. The second kappa shape index (κ2) is 9.40. The number of likely N-dealkylation sites (N-methyl/N-ethyl adjacent to an activating group) is 1. The SMILES string of the molecule is CC(=O)C1=C(O)[C@@H](N(C)C)[C@@H]2C[C@@H]3Cc4c(C#CC5CCCCC5)ccc(O)c4C(=O)C3=C(O)[C@]2(O)C1=O. The molecule has 1 aromatic rings. The fourth-order valence-corrected chi connectivity index (χ4v) is 6.90. The molecule has 0 spiro atoms. The Hall–Kier alpha value is -3.41. The predicted octanol–water partition coefficient (Wildman–Crippen LogP) is 3.16. The smallest absolute Gasteiger partial charge is 0.209 e. The third kappa shape index (κ3) is 3.79. The highest BCUT2D eigenvalue weighted by Crippen LogP contribution is 2.52. The van der Waals surface area contributed by atoms with E-state index in [9.17, 15) is 34.8 Å². The summed E-state index contributed by atoms with van der Waals surface area (Å²) in [5, 5.41) is 44.7. The molecule has 4 aliphatic rings. The van der Waals surface area contributed by atoms with Gasteiger partial charge in [-0.15, -0.1) is 0 Å². The quantitative estimate of drug-likeness (QED) is 0.346. The number of benzene rings is 1. The minimum atomic E-state index is -2.56. The third-order valence-electron chi connectivity index (χ3n) is 8.73. The number of ketones is 3. The first-order valence-corrected chi connectivity index (χ1v) is 13.2. The minimum Gasteiger partial charge on any atom is -0.510 e. The Morgan fingerprint density at radius 3 is 2.39 bits per heavy atom. The van der Waals surface area contributed by atoms with Crippen molar-refractivity contribution in [3.63, 3.8) is 0 Å². The van der Waals surface area contributed by atoms with Crippen LogP contribution in [0.2, 0.25) is 0 Å². The van der Waals surface area contributed by atoms with E-state index in [0.717, 1.165) is 32.6 Å². The number of carbonyl (C=O) groups excluding carboxylic acids is 3. The van der Waals surface area contributed by atoms with Gasteiger partial charge >= 0.3 is 0 Å². The molecule has 1 aromatic carbocycles. The fourth-order valence-electron chi connectivity index (χ4n) is 6.90. The van der Waals surface area contributed by atoms with Crippen molar-refractivity contribution in [2.24, 2.45) is 17.8 Å². The fraction of sp³-hybridized carbons (Fsp3) is 0.500. The van der Waals surface area contributed by atoms with Crippen LogP contribution in [0.15, 0.2) is 34.8 Å². The lowest BCUT2D eigenvalue weighted by molar-refractivity contribution is -0.148. The van der Waals surface area contributed by atoms with Crippen LogP contribution in [0, 0.1) is 29.6 Å². The Bertz CT molecular complexity index is 1370. The van der Waals surface area contributed by atoms with Gasteiger partial charge in [0.25, 0.3) is 0 Å². The number of allylic oxidation sites excluding steroid dienone is 1. The Kier molecular flexibility index (Phi) is 6.49. The monoisotopic (exact) mass is 519 g/mol. The van der Waals surface area contributed by atoms with Crippen LogP contribution in [0.25, 0.3) is 0 Å². The molecule has 1 fully saturated rings. The van der Waals surface area contributed by atoms with E-state index in [1.807, 2.05) is 0 Å². The number of Topliss-reactive ketones (excluding diaryl/α,β-unsaturated/α-hetero) is 3. The number of hydrogen-bond donors (Lipinski definition) is 4. The van der Waals surface area contributed by atoms with Crippen molar-refractivity contribution in [2.45, 2.75) is 63.5 Å². The summed E-state index contributed by atoms with van der Waals surface area (Å²) in [6.07, 6.45) is 5.92. The molecule has 38 heavy (non-hydrogen) atoms. The summed E-state index contributed by atoms with van der Waals surface area (Å²) in [6.45, 7) is 1.10. The molecule has 0 radical (unpaired) electrons. The third-order valence-corrected chi connectivity index (χ3v) is 8.73. The number of aliphatic hydroxyl groups excluding tert-OH is 2. The number of aliphatic hydroxyl groups is 3. The number of fused-ring (bicyclic) bond motifs is 3. The molecule has 0 amide bonds. The van der Waals surface area contributed by atoms with E-state index < -0.39 is 57.9 Å². The average Bonchev–Trinajstić information content (AvgIpc) is 2.86. The lowest BCUT2D eigenvalue weighted by Gasteiger charge is -2.50. The maximum absolute atomic E-state index is 13.8. The second-order valence-corrected chi connectivity index (χ2v) is 11.2. The van der Waals surface area contributed by atoms with E-state index in [1.54, 1.807) is 25.1 Å². The first kappa shape index (κ1) is 26.2. The van der Waals surface area contributed by atoms with Crippen LogP contribution in [0.1, 0.15) is 66.9 Å². The summed E-state index contributed by atoms with van der Waals surface area (Å²) in [4.78, 5) is 41.1. The molecule has 0 heterocycles. The highest BCUT2D eigenvalue weighted by atomic mass is 16.3. The molecule has 4 N–H and O–H groups in total. The van der Waals surface area contributed by atoms with E-state index in [0.29, 0.717) is 11.1 Å². The maximum Gasteiger partial charge on any atom is 0.209 e. The molecule has 4 atom stereocenters. The highest BCUT2D eigenvalue weighted by Gasteiger charge is 2.63. The van der Waals surface area contributed by atoms with Gasteiger partial charge in [-0.05, 0) is 70.3 Å². The molecule has 5 rings (SSSR count). The van der Waals surface area contributed by atoms with Crippen LogP contribution in [-0.4, -0.2) is 68.4 Å². The molecule has 4 aliphatic carbocycles. The zero-order valence-electron chi connectivity index (χ0n) is 21.9. The first-order chi connectivity index (χ1) is 18.0. The Balaban J connectivity index is 1.64. The van der Waals surface area contributed by atoms with Gasteiger partial charge in [0.1, 0.15) is 22.8 Å². The molecule has 0 unspecified atom stereocenters. The van der Waals surface area contributed by atoms with Gasteiger partial charge in [-0.2, -0.15) is 0 Å². The summed E-state index contributed by atoms with van der Waals surface area (Å²) < 4.78 is 0. The predicted molar refractivity (Wildman–Crippen MR) is 139 cm³/mol. The van der Waals surface area contributed by atoms with Gasteiger partial charge in [-0.3, -0.25) is 19.3 Å². The molecule has 8 heteroatoms. The van der Waals surface area contributed by atoms with Crippen molar-refractivity contribution < 1.29 is 34.8 Å². The molecule has 0 aromatic heterocycles. The lowest BCUT2D eigenvalue weighted by atomic mass is 9.58. The van der Waals surface area contributed by atoms with Gasteiger partial charge in [-0.1, -0.05) is 31.1 Å². The summed E-state index contributed by atoms with van der Waals surface area (Å²) in [7, 11) is 3.28. The number of aromatic hydroxyl groups is 1. The standard InChI is InChI=1S/C30H33NO7/c1-15(32)22-27(35)25(31(2)3)20-14-18-13-19-17(10-9-16-7-5-4-6-8-16)11-12-21(33)24(19)26(34)23(18)29(37)30(20,38)28(22)36/h11-12,16,18,20,25,33,35,37-38H,4-8,13-14H2,1-3H3/t18-,20-,25-,30+/m0/s1. The summed E-state index contributed by atoms with van der Waals surface area (Å²) in [6, 6.07) is 2.17. The first-order valence-electron chi connectivity index (χ1n) is 13.2. The average molecular weight is 520 g/mol. The van der Waals surface area contributed by atoms with Gasteiger partial charge < -0.3 is 20.4 Å². The lowest BCUT2D eigenvalue weighted by Crippen LogP contribution is -2.63. The molecule has 0 aliphatic heterocycles. The molecule has 1 saturated carbocycles. The van der Waals surface area contributed by atoms with Crippen LogP contribution in [0.5, 0.6) is 5.75 Å². The van der Waals surface area contributed by atoms with Crippen LogP contribution in [0.4, 0.5) is 0 Å². The van der Waals surface area contributed by atoms with Gasteiger partial charge in [0, 0.05) is 23.0 Å². The van der Waals surface area contributed by atoms with Crippen molar-refractivity contribution in [1.29, 1.82) is 0 Å². The van der Waals surface area contributed by atoms with E-state index in [2.05, 4.69) is 11.8 Å². The normalized spacial score (nSPS) is 29.4. The molecule has 0 saturated heterocycles. The Labute approximate surface area is 221 Å². The number of nitrogens with zero attached hydrogens (tertiary/aromatic N) is 1. The van der Waals surface area contributed by atoms with Gasteiger partial charge in [0.15, 0.2) is 17.2 Å². The number of phenolic OH excluding ortho intramolecular Hbond substituents is 1. The molecule has 8 nitrogen and oxygen atoms in total. The molecule has 200 valence electrons. The van der Waals surface area contributed by atoms with Crippen LogP contribution in [0.3, 0.4) is 0 Å². The number of phenols is 1. The van der Waals surface area contributed by atoms with E-state index in [4.69, 9.17) is 0 Å². The van der Waals surface area contributed by atoms with Crippen molar-refractivity contribution in [3.8, 4) is 17.6 Å². The molecular formula is C30H33NO7. The zero-order chi connectivity index (χ0) is 27.5. The Morgan fingerprint density at radius 1 is 1.08 bits per heavy atom. The van der Waals surface area contributed by atoms with Crippen molar-refractivity contribution in [2.75, 3.05) is 14.1 Å². The number of hydrogen-bond acceptors (Lipinski definition) is 8. The second-order valence-electron chi connectivity index (χ2n) is 11.2. The van der Waals surface area contributed by atoms with Crippen molar-refractivity contribution in [1.82, 2.24) is 4.90 Å². The molecule has 0 bridgehead atoms. The van der Waals surface area contributed by atoms with Crippen LogP contribution in [-0.2, 0) is 16.0 Å². The van der Waals surface area contributed by atoms with Gasteiger partial charge in [0.2, 0.25) is 5.78 Å². The Morgan fingerprint density at radius 2 is 1.76 bits per heavy atom. The molecular weight excluding hydrogens is 486 g/mol. The summed E-state index contributed by atoms with van der Waals surface area (Å²) in [5.74, 6) is 1.21. The maximum atomic E-state index is 13.8. The van der Waals surface area contributed by atoms with Crippen LogP contribution >= 0.6 is 0 Å². The highest BCUT2D eigenvalue weighted by molar-refractivity contribution is 6.25. The largest absolute Gasteiger partial charge is 0.510 e. The van der Waals surface area contributed by atoms with Crippen LogP contribution < -0.4 is 0 Å². The topological polar surface area (TPSA) is 135 Å². The van der Waals surface area contributed by atoms with Crippen molar-refractivity contribution >= 4 is 17.3 Å². The van der Waals surface area contributed by atoms with E-state index >= 15 is 0 Å². The van der Waals surface area contributed by atoms with Gasteiger partial charge in [-0.25, -0.2) is 0 Å². The van der Waals surface area contributed by atoms with E-state index in [1.165, 1.54) is 12.5 Å². The van der Waals surface area contributed by atoms with E-state index in [-0.39, 0.29) is 35.6 Å². The minimum absolute atomic E-state index is 0.0119. The zero-order valence-corrected chi connectivity index (χ0v) is 21.9. The van der Waals surface area contributed by atoms with Gasteiger partial charge in [0.05, 0.1) is 11.6 Å². The summed E-state index contributed by atoms with van der Waals surface area (Å²) >= 11 is 0. The van der Waals surface area contributed by atoms with Crippen molar-refractivity contribution in [3.05, 3.63) is 51.5 Å². The number of carbonyl (C=O) groups is 3.